The Morgan fingerprint density at radius 1 is 1.59 bits per heavy atom. The Morgan fingerprint density at radius 3 is 3.12 bits per heavy atom. The number of piperidine rings is 1. The smallest absolute Gasteiger partial charge is 0.270 e. The highest BCUT2D eigenvalue weighted by atomic mass is 16.3. The number of hydrogen-bond donors (Lipinski definition) is 2. The lowest BCUT2D eigenvalue weighted by Gasteiger charge is -2.34. The number of amides is 1. The zero-order valence-electron chi connectivity index (χ0n) is 9.84. The number of pyridine rings is 1. The lowest BCUT2D eigenvalue weighted by Crippen LogP contribution is -2.54. The number of nitrogens with one attached hydrogen (secondary N) is 1. The first-order valence-corrected chi connectivity index (χ1v) is 5.75. The molecule has 92 valence electrons. The minimum atomic E-state index is -0.473. The van der Waals surface area contributed by atoms with Gasteiger partial charge in [0.1, 0.15) is 5.69 Å². The Hall–Kier alpha value is -1.46. The van der Waals surface area contributed by atoms with E-state index in [9.17, 15) is 9.90 Å². The van der Waals surface area contributed by atoms with Gasteiger partial charge in [0.2, 0.25) is 0 Å². The van der Waals surface area contributed by atoms with Gasteiger partial charge in [-0.05, 0) is 25.6 Å². The number of aliphatic hydroxyl groups is 1. The molecule has 0 aromatic carbocycles. The van der Waals surface area contributed by atoms with Gasteiger partial charge >= 0.3 is 0 Å². The second-order valence-corrected chi connectivity index (χ2v) is 4.41. The van der Waals surface area contributed by atoms with Gasteiger partial charge in [0, 0.05) is 19.3 Å². The molecule has 1 amide bonds. The highest BCUT2D eigenvalue weighted by molar-refractivity contribution is 5.92. The van der Waals surface area contributed by atoms with Crippen LogP contribution in [0, 0.1) is 0 Å². The lowest BCUT2D eigenvalue weighted by molar-refractivity contribution is 0.0511. The topological polar surface area (TPSA) is 65.5 Å². The van der Waals surface area contributed by atoms with E-state index in [2.05, 4.69) is 15.2 Å². The molecule has 0 aliphatic carbocycles. The number of hydrogen-bond acceptors (Lipinski definition) is 4. The van der Waals surface area contributed by atoms with Crippen molar-refractivity contribution in [3.8, 4) is 0 Å². The quantitative estimate of drug-likeness (QED) is 0.750. The average molecular weight is 235 g/mol. The monoisotopic (exact) mass is 235 g/mol. The SMILES string of the molecule is CN1CCC(O)C(NC(=O)c2ccccn2)C1. The third kappa shape index (κ3) is 3.01. The molecule has 0 saturated carbocycles. The van der Waals surface area contributed by atoms with Crippen LogP contribution in [0.2, 0.25) is 0 Å². The Balaban J connectivity index is 1.98. The van der Waals surface area contributed by atoms with Crippen LogP contribution in [-0.2, 0) is 0 Å². The van der Waals surface area contributed by atoms with Crippen molar-refractivity contribution in [2.45, 2.75) is 18.6 Å². The average Bonchev–Trinajstić information content (AvgIpc) is 2.35. The molecule has 5 nitrogen and oxygen atoms in total. The van der Waals surface area contributed by atoms with Gasteiger partial charge in [-0.2, -0.15) is 0 Å². The molecule has 1 aromatic rings. The Bertz CT molecular complexity index is 383. The molecule has 5 heteroatoms. The van der Waals surface area contributed by atoms with Crippen LogP contribution in [-0.4, -0.2) is 53.2 Å². The molecule has 2 N–H and O–H groups in total. The van der Waals surface area contributed by atoms with E-state index >= 15 is 0 Å². The molecular weight excluding hydrogens is 218 g/mol. The first-order chi connectivity index (χ1) is 8.16. The summed E-state index contributed by atoms with van der Waals surface area (Å²) in [6.45, 7) is 1.52. The standard InChI is InChI=1S/C12H17N3O2/c1-15-7-5-11(16)10(8-15)14-12(17)9-4-2-3-6-13-9/h2-4,6,10-11,16H,5,7-8H2,1H3,(H,14,17). The molecule has 2 atom stereocenters. The number of rotatable bonds is 2. The fourth-order valence-electron chi connectivity index (χ4n) is 1.98. The summed E-state index contributed by atoms with van der Waals surface area (Å²) in [7, 11) is 1.98. The molecule has 2 unspecified atom stereocenters. The van der Waals surface area contributed by atoms with E-state index in [0.717, 1.165) is 6.54 Å². The van der Waals surface area contributed by atoms with Crippen LogP contribution in [0.1, 0.15) is 16.9 Å². The van der Waals surface area contributed by atoms with Crippen LogP contribution in [0.3, 0.4) is 0 Å². The van der Waals surface area contributed by atoms with E-state index < -0.39 is 6.10 Å². The largest absolute Gasteiger partial charge is 0.391 e. The van der Waals surface area contributed by atoms with Crippen molar-refractivity contribution < 1.29 is 9.90 Å². The van der Waals surface area contributed by atoms with Crippen molar-refractivity contribution in [2.75, 3.05) is 20.1 Å². The minimum Gasteiger partial charge on any atom is -0.391 e. The van der Waals surface area contributed by atoms with E-state index in [0.29, 0.717) is 18.7 Å². The second kappa shape index (κ2) is 5.25. The molecule has 0 spiro atoms. The first-order valence-electron chi connectivity index (χ1n) is 5.75. The number of carbonyl (C=O) groups is 1. The van der Waals surface area contributed by atoms with Gasteiger partial charge in [0.05, 0.1) is 12.1 Å². The number of aromatic nitrogens is 1. The van der Waals surface area contributed by atoms with Gasteiger partial charge < -0.3 is 15.3 Å². The maximum atomic E-state index is 11.9. The van der Waals surface area contributed by atoms with E-state index in [1.54, 1.807) is 24.4 Å². The molecule has 1 aliphatic rings. The summed E-state index contributed by atoms with van der Waals surface area (Å²) in [6, 6.07) is 4.97. The van der Waals surface area contributed by atoms with Crippen molar-refractivity contribution in [3.63, 3.8) is 0 Å². The van der Waals surface area contributed by atoms with Crippen molar-refractivity contribution in [1.29, 1.82) is 0 Å². The van der Waals surface area contributed by atoms with Crippen LogP contribution >= 0.6 is 0 Å². The molecule has 0 bridgehead atoms. The van der Waals surface area contributed by atoms with Gasteiger partial charge in [0.15, 0.2) is 0 Å². The molecule has 1 fully saturated rings. The predicted molar refractivity (Wildman–Crippen MR) is 63.6 cm³/mol. The van der Waals surface area contributed by atoms with E-state index in [-0.39, 0.29) is 11.9 Å². The number of likely N-dealkylation sites (N-methyl/N-ethyl adjacent to an activating group) is 1. The summed E-state index contributed by atoms with van der Waals surface area (Å²) >= 11 is 0. The molecule has 1 aromatic heterocycles. The van der Waals surface area contributed by atoms with Gasteiger partial charge in [-0.25, -0.2) is 0 Å². The highest BCUT2D eigenvalue weighted by Gasteiger charge is 2.27. The number of nitrogens with zero attached hydrogens (tertiary/aromatic N) is 2. The van der Waals surface area contributed by atoms with Crippen LogP contribution in [0.15, 0.2) is 24.4 Å². The Kier molecular flexibility index (Phi) is 3.71. The minimum absolute atomic E-state index is 0.219. The summed E-state index contributed by atoms with van der Waals surface area (Å²) in [5.74, 6) is -0.232. The molecule has 1 aliphatic heterocycles. The number of carbonyl (C=O) groups excluding carboxylic acids is 1. The zero-order valence-corrected chi connectivity index (χ0v) is 9.84. The fourth-order valence-corrected chi connectivity index (χ4v) is 1.98. The number of likely N-dealkylation sites (tertiary alicyclic amines) is 1. The summed E-state index contributed by atoms with van der Waals surface area (Å²) in [5.41, 5.74) is 0.382. The second-order valence-electron chi connectivity index (χ2n) is 4.41. The van der Waals surface area contributed by atoms with Crippen LogP contribution in [0.25, 0.3) is 0 Å². The third-order valence-electron chi connectivity index (χ3n) is 2.99. The Labute approximate surface area is 100 Å². The van der Waals surface area contributed by atoms with E-state index in [4.69, 9.17) is 0 Å². The summed E-state index contributed by atoms with van der Waals surface area (Å²) in [6.07, 6.45) is 1.79. The first kappa shape index (κ1) is 12.0. The van der Waals surface area contributed by atoms with Crippen LogP contribution in [0.4, 0.5) is 0 Å². The van der Waals surface area contributed by atoms with E-state index in [1.807, 2.05) is 7.05 Å². The lowest BCUT2D eigenvalue weighted by atomic mass is 10.0. The fraction of sp³-hybridized carbons (Fsp3) is 0.500. The molecule has 2 heterocycles. The molecular formula is C12H17N3O2. The van der Waals surface area contributed by atoms with Gasteiger partial charge in [-0.15, -0.1) is 0 Å². The predicted octanol–water partition coefficient (Wildman–Crippen LogP) is -0.124. The van der Waals surface area contributed by atoms with Crippen molar-refractivity contribution >= 4 is 5.91 Å². The van der Waals surface area contributed by atoms with Gasteiger partial charge in [-0.1, -0.05) is 6.07 Å². The zero-order chi connectivity index (χ0) is 12.3. The van der Waals surface area contributed by atoms with Crippen LogP contribution < -0.4 is 5.32 Å². The summed E-state index contributed by atoms with van der Waals surface area (Å²) < 4.78 is 0. The van der Waals surface area contributed by atoms with Crippen molar-refractivity contribution in [1.82, 2.24) is 15.2 Å². The molecule has 0 radical (unpaired) electrons. The molecule has 2 rings (SSSR count). The third-order valence-corrected chi connectivity index (χ3v) is 2.99. The molecule has 1 saturated heterocycles. The highest BCUT2D eigenvalue weighted by Crippen LogP contribution is 2.09. The summed E-state index contributed by atoms with van der Waals surface area (Å²) in [4.78, 5) is 17.9. The van der Waals surface area contributed by atoms with Crippen molar-refractivity contribution in [2.24, 2.45) is 0 Å². The maximum absolute atomic E-state index is 11.9. The van der Waals surface area contributed by atoms with Crippen molar-refractivity contribution in [3.05, 3.63) is 30.1 Å². The van der Waals surface area contributed by atoms with E-state index in [1.165, 1.54) is 0 Å². The molecule has 17 heavy (non-hydrogen) atoms. The normalized spacial score (nSPS) is 25.5. The Morgan fingerprint density at radius 2 is 2.41 bits per heavy atom. The van der Waals surface area contributed by atoms with Crippen LogP contribution in [0.5, 0.6) is 0 Å². The summed E-state index contributed by atoms with van der Waals surface area (Å²) in [5, 5.41) is 12.6. The maximum Gasteiger partial charge on any atom is 0.270 e. The van der Waals surface area contributed by atoms with Gasteiger partial charge in [0.25, 0.3) is 5.91 Å². The van der Waals surface area contributed by atoms with Gasteiger partial charge in [-0.3, -0.25) is 9.78 Å². The number of aliphatic hydroxyl groups excluding tert-OH is 1.